The molecule has 0 unspecified atom stereocenters. The Hall–Kier alpha value is -0.820. The highest BCUT2D eigenvalue weighted by Crippen LogP contribution is 2.34. The molecule has 0 bridgehead atoms. The van der Waals surface area contributed by atoms with Crippen LogP contribution in [0.4, 0.5) is 0 Å². The molecule has 1 atom stereocenters. The van der Waals surface area contributed by atoms with Crippen molar-refractivity contribution < 1.29 is 0 Å². The molecule has 1 aromatic carbocycles. The van der Waals surface area contributed by atoms with Crippen molar-refractivity contribution in [1.29, 1.82) is 0 Å². The quantitative estimate of drug-likeness (QED) is 0.710. The average molecular weight is 203 g/mol. The molecule has 82 valence electrons. The number of likely N-dealkylation sites (tertiary alicyclic amines) is 1. The summed E-state index contributed by atoms with van der Waals surface area (Å²) in [6, 6.07) is 9.58. The van der Waals surface area contributed by atoms with Gasteiger partial charge in [0.15, 0.2) is 0 Å². The number of rotatable bonds is 2. The van der Waals surface area contributed by atoms with Gasteiger partial charge in [-0.05, 0) is 43.5 Å². The number of nitrogens with zero attached hydrogens (tertiary/aromatic N) is 1. The lowest BCUT2D eigenvalue weighted by atomic mass is 9.92. The molecule has 1 heterocycles. The first-order valence-corrected chi connectivity index (χ1v) is 5.99. The van der Waals surface area contributed by atoms with E-state index in [2.05, 4.69) is 50.1 Å². The molecule has 1 nitrogen and oxygen atoms in total. The molecule has 0 saturated carbocycles. The van der Waals surface area contributed by atoms with Crippen LogP contribution in [0.25, 0.3) is 0 Å². The van der Waals surface area contributed by atoms with Crippen LogP contribution in [0.2, 0.25) is 0 Å². The van der Waals surface area contributed by atoms with Crippen molar-refractivity contribution in [3.8, 4) is 0 Å². The van der Waals surface area contributed by atoms with Gasteiger partial charge in [-0.1, -0.05) is 38.1 Å². The van der Waals surface area contributed by atoms with E-state index in [1.54, 1.807) is 5.56 Å². The molecular weight excluding hydrogens is 182 g/mol. The van der Waals surface area contributed by atoms with Crippen LogP contribution in [0.1, 0.15) is 49.8 Å². The van der Waals surface area contributed by atoms with Gasteiger partial charge in [0.25, 0.3) is 0 Å². The summed E-state index contributed by atoms with van der Waals surface area (Å²) in [7, 11) is 2.24. The summed E-state index contributed by atoms with van der Waals surface area (Å²) in [5, 5.41) is 0. The zero-order valence-electron chi connectivity index (χ0n) is 10.0. The Kier molecular flexibility index (Phi) is 3.11. The third-order valence-electron chi connectivity index (χ3n) is 3.50. The summed E-state index contributed by atoms with van der Waals surface area (Å²) in [6.07, 6.45) is 2.66. The molecule has 0 aliphatic carbocycles. The van der Waals surface area contributed by atoms with E-state index in [-0.39, 0.29) is 0 Å². The molecule has 0 aromatic heterocycles. The third-order valence-corrected chi connectivity index (χ3v) is 3.50. The fraction of sp³-hybridized carbons (Fsp3) is 0.571. The molecule has 1 aliphatic rings. The lowest BCUT2D eigenvalue weighted by Gasteiger charge is -2.24. The van der Waals surface area contributed by atoms with Gasteiger partial charge in [0.1, 0.15) is 0 Å². The molecule has 1 aromatic rings. The maximum absolute atomic E-state index is 2.49. The van der Waals surface area contributed by atoms with Crippen molar-refractivity contribution >= 4 is 0 Å². The normalized spacial score (nSPS) is 22.5. The third kappa shape index (κ3) is 2.07. The summed E-state index contributed by atoms with van der Waals surface area (Å²) >= 11 is 0. The van der Waals surface area contributed by atoms with E-state index in [9.17, 15) is 0 Å². The van der Waals surface area contributed by atoms with Crippen LogP contribution in [0.3, 0.4) is 0 Å². The highest BCUT2D eigenvalue weighted by Gasteiger charge is 2.24. The Morgan fingerprint density at radius 2 is 2.00 bits per heavy atom. The first-order valence-electron chi connectivity index (χ1n) is 5.99. The molecule has 2 rings (SSSR count). The van der Waals surface area contributed by atoms with Gasteiger partial charge in [-0.15, -0.1) is 0 Å². The van der Waals surface area contributed by atoms with Crippen molar-refractivity contribution in [3.05, 3.63) is 35.4 Å². The molecule has 1 fully saturated rings. The number of hydrogen-bond donors (Lipinski definition) is 0. The largest absolute Gasteiger partial charge is 0.299 e. The lowest BCUT2D eigenvalue weighted by molar-refractivity contribution is 0.315. The van der Waals surface area contributed by atoms with Crippen LogP contribution < -0.4 is 0 Å². The van der Waals surface area contributed by atoms with Crippen molar-refractivity contribution in [2.24, 2.45) is 0 Å². The minimum absolute atomic E-state index is 0.634. The Morgan fingerprint density at radius 1 is 1.27 bits per heavy atom. The van der Waals surface area contributed by atoms with Crippen LogP contribution in [0.15, 0.2) is 24.3 Å². The molecule has 0 amide bonds. The van der Waals surface area contributed by atoms with E-state index in [1.807, 2.05) is 0 Å². The van der Waals surface area contributed by atoms with Gasteiger partial charge >= 0.3 is 0 Å². The first kappa shape index (κ1) is 10.7. The van der Waals surface area contributed by atoms with Crippen LogP contribution in [-0.2, 0) is 0 Å². The summed E-state index contributed by atoms with van der Waals surface area (Å²) in [4.78, 5) is 2.49. The van der Waals surface area contributed by atoms with E-state index in [0.717, 1.165) is 0 Å². The fourth-order valence-corrected chi connectivity index (χ4v) is 2.64. The van der Waals surface area contributed by atoms with Crippen molar-refractivity contribution in [2.75, 3.05) is 13.6 Å². The van der Waals surface area contributed by atoms with Crippen LogP contribution in [0.5, 0.6) is 0 Å². The van der Waals surface area contributed by atoms with Crippen LogP contribution in [-0.4, -0.2) is 18.5 Å². The van der Waals surface area contributed by atoms with Gasteiger partial charge in [0, 0.05) is 6.04 Å². The van der Waals surface area contributed by atoms with E-state index in [4.69, 9.17) is 0 Å². The molecule has 0 N–H and O–H groups in total. The molecule has 0 spiro atoms. The van der Waals surface area contributed by atoms with E-state index in [1.165, 1.54) is 24.9 Å². The number of hydrogen-bond acceptors (Lipinski definition) is 1. The van der Waals surface area contributed by atoms with Crippen LogP contribution >= 0.6 is 0 Å². The topological polar surface area (TPSA) is 3.24 Å². The minimum atomic E-state index is 0.634. The standard InChI is InChI=1S/C14H21N/c1-11(2)12-7-4-5-8-13(12)14-9-6-10-15(14)3/h4-5,7-8,11,14H,6,9-10H2,1-3H3/t14-/m1/s1. The van der Waals surface area contributed by atoms with E-state index in [0.29, 0.717) is 12.0 Å². The second kappa shape index (κ2) is 4.36. The monoisotopic (exact) mass is 203 g/mol. The maximum atomic E-state index is 2.49. The van der Waals surface area contributed by atoms with E-state index >= 15 is 0 Å². The lowest BCUT2D eigenvalue weighted by Crippen LogP contribution is -2.18. The summed E-state index contributed by atoms with van der Waals surface area (Å²) < 4.78 is 0. The summed E-state index contributed by atoms with van der Waals surface area (Å²) in [5.74, 6) is 0.634. The SMILES string of the molecule is CC(C)c1ccccc1[C@H]1CCCN1C. The fourth-order valence-electron chi connectivity index (χ4n) is 2.64. The Bertz CT molecular complexity index is 330. The molecule has 0 radical (unpaired) electrons. The maximum Gasteiger partial charge on any atom is 0.0348 e. The second-order valence-electron chi connectivity index (χ2n) is 4.92. The number of benzene rings is 1. The summed E-state index contributed by atoms with van der Waals surface area (Å²) in [6.45, 7) is 5.82. The highest BCUT2D eigenvalue weighted by molar-refractivity contribution is 5.32. The molecule has 15 heavy (non-hydrogen) atoms. The van der Waals surface area contributed by atoms with Gasteiger partial charge < -0.3 is 0 Å². The Balaban J connectivity index is 2.34. The summed E-state index contributed by atoms with van der Waals surface area (Å²) in [5.41, 5.74) is 3.07. The predicted molar refractivity (Wildman–Crippen MR) is 65.1 cm³/mol. The zero-order valence-corrected chi connectivity index (χ0v) is 10.0. The van der Waals surface area contributed by atoms with Gasteiger partial charge in [0.05, 0.1) is 0 Å². The minimum Gasteiger partial charge on any atom is -0.299 e. The first-order chi connectivity index (χ1) is 7.20. The highest BCUT2D eigenvalue weighted by atomic mass is 15.1. The van der Waals surface area contributed by atoms with Crippen molar-refractivity contribution in [2.45, 2.75) is 38.6 Å². The molecule has 1 aliphatic heterocycles. The average Bonchev–Trinajstić information content (AvgIpc) is 2.64. The Morgan fingerprint density at radius 3 is 2.60 bits per heavy atom. The molecular formula is C14H21N. The van der Waals surface area contributed by atoms with Crippen molar-refractivity contribution in [3.63, 3.8) is 0 Å². The van der Waals surface area contributed by atoms with Gasteiger partial charge in [0.2, 0.25) is 0 Å². The van der Waals surface area contributed by atoms with Gasteiger partial charge in [-0.25, -0.2) is 0 Å². The molecule has 1 saturated heterocycles. The second-order valence-corrected chi connectivity index (χ2v) is 4.92. The Labute approximate surface area is 93.1 Å². The zero-order chi connectivity index (χ0) is 10.8. The van der Waals surface area contributed by atoms with Crippen molar-refractivity contribution in [1.82, 2.24) is 4.90 Å². The van der Waals surface area contributed by atoms with Gasteiger partial charge in [-0.3, -0.25) is 4.90 Å². The smallest absolute Gasteiger partial charge is 0.0348 e. The van der Waals surface area contributed by atoms with Gasteiger partial charge in [-0.2, -0.15) is 0 Å². The predicted octanol–water partition coefficient (Wildman–Crippen LogP) is 3.58. The molecule has 1 heteroatoms. The van der Waals surface area contributed by atoms with E-state index < -0.39 is 0 Å². The van der Waals surface area contributed by atoms with Crippen LogP contribution in [0, 0.1) is 0 Å².